The lowest BCUT2D eigenvalue weighted by Crippen LogP contribution is -1.92. The van der Waals surface area contributed by atoms with E-state index in [1.54, 1.807) is 12.3 Å². The number of anilines is 2. The normalized spacial score (nSPS) is 9.86. The molecule has 1 heterocycles. The second-order valence-corrected chi connectivity index (χ2v) is 4.61. The molecular formula is C18H13N3. The van der Waals surface area contributed by atoms with Crippen molar-refractivity contribution in [2.45, 2.75) is 0 Å². The Labute approximate surface area is 123 Å². The molecule has 100 valence electrons. The minimum Gasteiger partial charge on any atom is -0.354 e. The Balaban J connectivity index is 1.76. The standard InChI is InChI=1S/C18H13N3/c19-12-17-10-11-18(13-20-17)21-16-8-6-15(7-9-16)14-4-2-1-3-5-14/h1-11,13,21H. The molecule has 0 aliphatic rings. The van der Waals surface area contributed by atoms with Gasteiger partial charge in [-0.25, -0.2) is 4.98 Å². The molecule has 3 aromatic rings. The minimum atomic E-state index is 0.417. The van der Waals surface area contributed by atoms with Crippen LogP contribution in [0.25, 0.3) is 11.1 Å². The van der Waals surface area contributed by atoms with Gasteiger partial charge in [0, 0.05) is 5.69 Å². The smallest absolute Gasteiger partial charge is 0.140 e. The zero-order valence-electron chi connectivity index (χ0n) is 11.3. The average Bonchev–Trinajstić information content (AvgIpc) is 2.57. The van der Waals surface area contributed by atoms with E-state index in [0.717, 1.165) is 11.4 Å². The summed E-state index contributed by atoms with van der Waals surface area (Å²) in [6, 6.07) is 24.0. The molecule has 1 N–H and O–H groups in total. The van der Waals surface area contributed by atoms with Gasteiger partial charge in [0.1, 0.15) is 11.8 Å². The van der Waals surface area contributed by atoms with Gasteiger partial charge in [0.25, 0.3) is 0 Å². The van der Waals surface area contributed by atoms with Crippen molar-refractivity contribution in [1.29, 1.82) is 5.26 Å². The number of hydrogen-bond donors (Lipinski definition) is 1. The molecule has 3 heteroatoms. The zero-order chi connectivity index (χ0) is 14.5. The van der Waals surface area contributed by atoms with E-state index in [1.807, 2.05) is 42.5 Å². The number of pyridine rings is 1. The topological polar surface area (TPSA) is 48.7 Å². The zero-order valence-corrected chi connectivity index (χ0v) is 11.3. The summed E-state index contributed by atoms with van der Waals surface area (Å²) in [6.07, 6.45) is 1.66. The molecular weight excluding hydrogens is 258 g/mol. The number of nitrogens with zero attached hydrogens (tertiary/aromatic N) is 2. The van der Waals surface area contributed by atoms with E-state index in [0.29, 0.717) is 5.69 Å². The summed E-state index contributed by atoms with van der Waals surface area (Å²) in [4.78, 5) is 4.03. The van der Waals surface area contributed by atoms with Gasteiger partial charge in [0.15, 0.2) is 0 Å². The summed E-state index contributed by atoms with van der Waals surface area (Å²) >= 11 is 0. The van der Waals surface area contributed by atoms with Gasteiger partial charge < -0.3 is 5.32 Å². The van der Waals surface area contributed by atoms with Crippen LogP contribution < -0.4 is 5.32 Å². The van der Waals surface area contributed by atoms with E-state index >= 15 is 0 Å². The van der Waals surface area contributed by atoms with Crippen molar-refractivity contribution in [3.8, 4) is 17.2 Å². The highest BCUT2D eigenvalue weighted by Crippen LogP contribution is 2.22. The third-order valence-electron chi connectivity index (χ3n) is 3.16. The third-order valence-corrected chi connectivity index (χ3v) is 3.16. The fourth-order valence-corrected chi connectivity index (χ4v) is 2.08. The lowest BCUT2D eigenvalue weighted by Gasteiger charge is -2.07. The fourth-order valence-electron chi connectivity index (χ4n) is 2.08. The maximum atomic E-state index is 8.72. The molecule has 0 saturated carbocycles. The molecule has 0 spiro atoms. The molecule has 1 aromatic heterocycles. The van der Waals surface area contributed by atoms with E-state index in [4.69, 9.17) is 5.26 Å². The van der Waals surface area contributed by atoms with Gasteiger partial charge in [-0.3, -0.25) is 0 Å². The second kappa shape index (κ2) is 5.89. The van der Waals surface area contributed by atoms with Crippen molar-refractivity contribution in [3.63, 3.8) is 0 Å². The van der Waals surface area contributed by atoms with Crippen LogP contribution in [0.15, 0.2) is 72.9 Å². The van der Waals surface area contributed by atoms with Crippen LogP contribution in [0.2, 0.25) is 0 Å². The van der Waals surface area contributed by atoms with Gasteiger partial charge in [-0.05, 0) is 35.4 Å². The largest absolute Gasteiger partial charge is 0.354 e. The van der Waals surface area contributed by atoms with Crippen molar-refractivity contribution in [3.05, 3.63) is 78.6 Å². The summed E-state index contributed by atoms with van der Waals surface area (Å²) in [7, 11) is 0. The molecule has 0 aliphatic carbocycles. The monoisotopic (exact) mass is 271 g/mol. The van der Waals surface area contributed by atoms with Crippen molar-refractivity contribution in [1.82, 2.24) is 4.98 Å². The van der Waals surface area contributed by atoms with E-state index in [2.05, 4.69) is 34.6 Å². The number of nitrogens with one attached hydrogen (secondary N) is 1. The number of hydrogen-bond acceptors (Lipinski definition) is 3. The van der Waals surface area contributed by atoms with Crippen LogP contribution in [0.4, 0.5) is 11.4 Å². The predicted molar refractivity (Wildman–Crippen MR) is 84.1 cm³/mol. The molecule has 0 atom stereocenters. The molecule has 3 rings (SSSR count). The molecule has 0 aliphatic heterocycles. The summed E-state index contributed by atoms with van der Waals surface area (Å²) in [6.45, 7) is 0. The highest BCUT2D eigenvalue weighted by molar-refractivity contribution is 5.68. The summed E-state index contributed by atoms with van der Waals surface area (Å²) in [5.74, 6) is 0. The molecule has 2 aromatic carbocycles. The van der Waals surface area contributed by atoms with Gasteiger partial charge in [-0.1, -0.05) is 42.5 Å². The first kappa shape index (κ1) is 12.9. The van der Waals surface area contributed by atoms with Crippen molar-refractivity contribution >= 4 is 11.4 Å². The number of benzene rings is 2. The van der Waals surface area contributed by atoms with Gasteiger partial charge in [0.05, 0.1) is 11.9 Å². The highest BCUT2D eigenvalue weighted by atomic mass is 14.9. The third kappa shape index (κ3) is 3.07. The maximum Gasteiger partial charge on any atom is 0.140 e. The van der Waals surface area contributed by atoms with E-state index < -0.39 is 0 Å². The lowest BCUT2D eigenvalue weighted by atomic mass is 10.1. The number of rotatable bonds is 3. The fraction of sp³-hybridized carbons (Fsp3) is 0. The van der Waals surface area contributed by atoms with E-state index in [1.165, 1.54) is 11.1 Å². The molecule has 0 bridgehead atoms. The first-order valence-corrected chi connectivity index (χ1v) is 6.64. The summed E-state index contributed by atoms with van der Waals surface area (Å²) < 4.78 is 0. The minimum absolute atomic E-state index is 0.417. The van der Waals surface area contributed by atoms with Gasteiger partial charge in [0.2, 0.25) is 0 Å². The van der Waals surface area contributed by atoms with Gasteiger partial charge in [-0.2, -0.15) is 5.26 Å². The Bertz CT molecular complexity index is 754. The quantitative estimate of drug-likeness (QED) is 0.769. The Morgan fingerprint density at radius 1 is 0.762 bits per heavy atom. The SMILES string of the molecule is N#Cc1ccc(Nc2ccc(-c3ccccc3)cc2)cn1. The molecule has 0 fully saturated rings. The van der Waals surface area contributed by atoms with Crippen LogP contribution >= 0.6 is 0 Å². The Hall–Kier alpha value is -3.12. The summed E-state index contributed by atoms with van der Waals surface area (Å²) in [5, 5.41) is 12.0. The Morgan fingerprint density at radius 2 is 1.43 bits per heavy atom. The maximum absolute atomic E-state index is 8.72. The van der Waals surface area contributed by atoms with Crippen molar-refractivity contribution < 1.29 is 0 Å². The van der Waals surface area contributed by atoms with E-state index in [9.17, 15) is 0 Å². The first-order valence-electron chi connectivity index (χ1n) is 6.64. The van der Waals surface area contributed by atoms with Crippen LogP contribution in [0.5, 0.6) is 0 Å². The summed E-state index contributed by atoms with van der Waals surface area (Å²) in [5.41, 5.74) is 4.64. The molecule has 3 nitrogen and oxygen atoms in total. The second-order valence-electron chi connectivity index (χ2n) is 4.61. The van der Waals surface area contributed by atoms with Gasteiger partial charge in [-0.15, -0.1) is 0 Å². The molecule has 0 unspecified atom stereocenters. The number of aromatic nitrogens is 1. The van der Waals surface area contributed by atoms with Gasteiger partial charge >= 0.3 is 0 Å². The number of nitriles is 1. The molecule has 0 saturated heterocycles. The first-order chi connectivity index (χ1) is 10.3. The van der Waals surface area contributed by atoms with Crippen molar-refractivity contribution in [2.75, 3.05) is 5.32 Å². The molecule has 21 heavy (non-hydrogen) atoms. The Kier molecular flexibility index (Phi) is 3.62. The van der Waals surface area contributed by atoms with Crippen LogP contribution in [0.1, 0.15) is 5.69 Å². The molecule has 0 amide bonds. The average molecular weight is 271 g/mol. The van der Waals surface area contributed by atoms with Crippen LogP contribution in [0.3, 0.4) is 0 Å². The Morgan fingerprint density at radius 3 is 2.05 bits per heavy atom. The lowest BCUT2D eigenvalue weighted by molar-refractivity contribution is 1.26. The molecule has 0 radical (unpaired) electrons. The van der Waals surface area contributed by atoms with Crippen LogP contribution in [0, 0.1) is 11.3 Å². The van der Waals surface area contributed by atoms with E-state index in [-0.39, 0.29) is 0 Å². The predicted octanol–water partition coefficient (Wildman–Crippen LogP) is 4.36. The van der Waals surface area contributed by atoms with Crippen LogP contribution in [-0.4, -0.2) is 4.98 Å². The van der Waals surface area contributed by atoms with Crippen LogP contribution in [-0.2, 0) is 0 Å². The highest BCUT2D eigenvalue weighted by Gasteiger charge is 1.99. The van der Waals surface area contributed by atoms with Crippen molar-refractivity contribution in [2.24, 2.45) is 0 Å².